The maximum atomic E-state index is 11.2. The van der Waals surface area contributed by atoms with E-state index in [0.717, 1.165) is 9.99 Å². The number of hydrogen-bond acceptors (Lipinski definition) is 4. The Morgan fingerprint density at radius 2 is 2.41 bits per heavy atom. The molecule has 3 N–H and O–H groups in total. The van der Waals surface area contributed by atoms with Crippen molar-refractivity contribution in [3.63, 3.8) is 0 Å². The van der Waals surface area contributed by atoms with Crippen molar-refractivity contribution in [2.24, 2.45) is 0 Å². The summed E-state index contributed by atoms with van der Waals surface area (Å²) in [4.78, 5) is 19.8. The molecule has 2 aromatic rings. The van der Waals surface area contributed by atoms with E-state index in [2.05, 4.69) is 31.2 Å². The third-order valence-electron chi connectivity index (χ3n) is 2.84. The highest BCUT2D eigenvalue weighted by Crippen LogP contribution is 2.26. The van der Waals surface area contributed by atoms with E-state index in [-0.39, 0.29) is 11.9 Å². The summed E-state index contributed by atoms with van der Waals surface area (Å²) in [5.74, 6) is 0.431. The van der Waals surface area contributed by atoms with E-state index in [4.69, 9.17) is 5.73 Å². The number of fused-ring (bicyclic) bond motifs is 1. The molecule has 3 rings (SSSR count). The van der Waals surface area contributed by atoms with Crippen LogP contribution in [0.3, 0.4) is 0 Å². The summed E-state index contributed by atoms with van der Waals surface area (Å²) in [6, 6.07) is 1.86. The number of nitrogens with two attached hydrogens (primary N) is 1. The lowest BCUT2D eigenvalue weighted by Gasteiger charge is -2.11. The van der Waals surface area contributed by atoms with E-state index in [9.17, 15) is 4.79 Å². The summed E-state index contributed by atoms with van der Waals surface area (Å²) in [6.07, 6.45) is 2.12. The van der Waals surface area contributed by atoms with Gasteiger partial charge in [0, 0.05) is 23.6 Å². The van der Waals surface area contributed by atoms with Crippen molar-refractivity contribution < 1.29 is 4.79 Å². The average molecular weight is 296 g/mol. The number of pyridine rings is 1. The van der Waals surface area contributed by atoms with Gasteiger partial charge in [-0.3, -0.25) is 9.36 Å². The molecule has 1 unspecified atom stereocenters. The molecule has 1 amide bonds. The van der Waals surface area contributed by atoms with Crippen LogP contribution < -0.4 is 11.1 Å². The van der Waals surface area contributed by atoms with Crippen molar-refractivity contribution in [2.75, 3.05) is 12.3 Å². The van der Waals surface area contributed by atoms with Crippen LogP contribution in [0.4, 0.5) is 5.95 Å². The molecule has 0 spiro atoms. The second kappa shape index (κ2) is 3.69. The minimum absolute atomic E-state index is 0.00109. The zero-order chi connectivity index (χ0) is 12.0. The van der Waals surface area contributed by atoms with Crippen molar-refractivity contribution in [1.29, 1.82) is 0 Å². The number of nitrogens with one attached hydrogen (secondary N) is 1. The predicted octanol–water partition coefficient (Wildman–Crippen LogP) is 0.837. The topological polar surface area (TPSA) is 85.8 Å². The summed E-state index contributed by atoms with van der Waals surface area (Å²) in [5.41, 5.74) is 7.33. The predicted molar refractivity (Wildman–Crippen MR) is 66.3 cm³/mol. The van der Waals surface area contributed by atoms with Gasteiger partial charge in [0.2, 0.25) is 11.9 Å². The van der Waals surface area contributed by atoms with Gasteiger partial charge in [-0.15, -0.1) is 0 Å². The van der Waals surface area contributed by atoms with Crippen LogP contribution in [0, 0.1) is 0 Å². The summed E-state index contributed by atoms with van der Waals surface area (Å²) >= 11 is 3.34. The summed E-state index contributed by atoms with van der Waals surface area (Å²) < 4.78 is 2.68. The first-order valence-electron chi connectivity index (χ1n) is 5.21. The highest BCUT2D eigenvalue weighted by atomic mass is 79.9. The first kappa shape index (κ1) is 10.5. The van der Waals surface area contributed by atoms with Crippen molar-refractivity contribution in [2.45, 2.75) is 12.5 Å². The van der Waals surface area contributed by atoms with Gasteiger partial charge in [-0.25, -0.2) is 9.97 Å². The Morgan fingerprint density at radius 1 is 1.59 bits per heavy atom. The molecule has 7 heteroatoms. The van der Waals surface area contributed by atoms with Crippen LogP contribution in [0.5, 0.6) is 0 Å². The number of hydrogen-bond donors (Lipinski definition) is 2. The lowest BCUT2D eigenvalue weighted by atomic mass is 10.2. The van der Waals surface area contributed by atoms with Gasteiger partial charge in [-0.2, -0.15) is 0 Å². The number of anilines is 1. The Balaban J connectivity index is 2.15. The van der Waals surface area contributed by atoms with E-state index in [1.54, 1.807) is 6.20 Å². The molecule has 0 bridgehead atoms. The first-order chi connectivity index (χ1) is 8.15. The monoisotopic (exact) mass is 295 g/mol. The fourth-order valence-electron chi connectivity index (χ4n) is 2.11. The van der Waals surface area contributed by atoms with Gasteiger partial charge in [-0.1, -0.05) is 0 Å². The maximum absolute atomic E-state index is 11.2. The van der Waals surface area contributed by atoms with Gasteiger partial charge < -0.3 is 11.1 Å². The number of halogens is 1. The Morgan fingerprint density at radius 3 is 3.12 bits per heavy atom. The highest BCUT2D eigenvalue weighted by molar-refractivity contribution is 9.10. The van der Waals surface area contributed by atoms with Crippen LogP contribution in [0.25, 0.3) is 11.2 Å². The molecule has 3 heterocycles. The van der Waals surface area contributed by atoms with Crippen LogP contribution in [-0.2, 0) is 4.79 Å². The quantitative estimate of drug-likeness (QED) is 0.816. The second-order valence-corrected chi connectivity index (χ2v) is 4.91. The third kappa shape index (κ3) is 1.66. The standard InChI is InChI=1S/C10H10BrN5O/c11-5-1-7-9(14-3-5)16(10(12)15-7)6-2-8(17)13-4-6/h1,3,6H,2,4H2,(H2,12,15)(H,13,17). The minimum atomic E-state index is 0.00109. The van der Waals surface area contributed by atoms with Crippen molar-refractivity contribution in [3.8, 4) is 0 Å². The van der Waals surface area contributed by atoms with E-state index in [0.29, 0.717) is 24.6 Å². The smallest absolute Gasteiger partial charge is 0.222 e. The van der Waals surface area contributed by atoms with E-state index < -0.39 is 0 Å². The molecule has 17 heavy (non-hydrogen) atoms. The molecule has 1 atom stereocenters. The minimum Gasteiger partial charge on any atom is -0.369 e. The number of carbonyl (C=O) groups is 1. The number of carbonyl (C=O) groups excluding carboxylic acids is 1. The number of imidazole rings is 1. The Bertz CT molecular complexity index is 608. The molecule has 1 saturated heterocycles. The Labute approximate surface area is 105 Å². The first-order valence-corrected chi connectivity index (χ1v) is 6.00. The third-order valence-corrected chi connectivity index (χ3v) is 3.28. The van der Waals surface area contributed by atoms with Crippen molar-refractivity contribution >= 4 is 38.9 Å². The van der Waals surface area contributed by atoms with Gasteiger partial charge in [0.05, 0.1) is 6.04 Å². The van der Waals surface area contributed by atoms with E-state index in [1.165, 1.54) is 0 Å². The number of aromatic nitrogens is 3. The zero-order valence-corrected chi connectivity index (χ0v) is 10.4. The molecule has 6 nitrogen and oxygen atoms in total. The summed E-state index contributed by atoms with van der Waals surface area (Å²) in [7, 11) is 0. The van der Waals surface area contributed by atoms with Gasteiger partial charge >= 0.3 is 0 Å². The van der Waals surface area contributed by atoms with E-state index >= 15 is 0 Å². The highest BCUT2D eigenvalue weighted by Gasteiger charge is 2.26. The average Bonchev–Trinajstić information content (AvgIpc) is 2.80. The van der Waals surface area contributed by atoms with Gasteiger partial charge in [-0.05, 0) is 22.0 Å². The van der Waals surface area contributed by atoms with Crippen LogP contribution in [0.15, 0.2) is 16.7 Å². The van der Waals surface area contributed by atoms with Crippen LogP contribution in [0.1, 0.15) is 12.5 Å². The molecule has 0 radical (unpaired) electrons. The summed E-state index contributed by atoms with van der Waals surface area (Å²) in [6.45, 7) is 0.576. The molecule has 1 aliphatic rings. The molecule has 0 aromatic carbocycles. The number of nitrogen functional groups attached to an aromatic ring is 1. The Hall–Kier alpha value is -1.63. The molecule has 1 fully saturated rings. The molecule has 2 aromatic heterocycles. The van der Waals surface area contributed by atoms with Crippen LogP contribution in [-0.4, -0.2) is 27.0 Å². The number of rotatable bonds is 1. The van der Waals surface area contributed by atoms with E-state index in [1.807, 2.05) is 10.6 Å². The van der Waals surface area contributed by atoms with Gasteiger partial charge in [0.1, 0.15) is 5.52 Å². The lowest BCUT2D eigenvalue weighted by Crippen LogP contribution is -2.16. The number of amides is 1. The van der Waals surface area contributed by atoms with Crippen LogP contribution in [0.2, 0.25) is 0 Å². The fourth-order valence-corrected chi connectivity index (χ4v) is 2.43. The maximum Gasteiger partial charge on any atom is 0.222 e. The normalized spacial score (nSPS) is 19.8. The summed E-state index contributed by atoms with van der Waals surface area (Å²) in [5, 5.41) is 2.78. The molecule has 1 aliphatic heterocycles. The van der Waals surface area contributed by atoms with Gasteiger partial charge in [0.25, 0.3) is 0 Å². The van der Waals surface area contributed by atoms with Crippen molar-refractivity contribution in [1.82, 2.24) is 19.9 Å². The van der Waals surface area contributed by atoms with Crippen LogP contribution >= 0.6 is 15.9 Å². The largest absolute Gasteiger partial charge is 0.369 e. The number of nitrogens with zero attached hydrogens (tertiary/aromatic N) is 3. The molecule has 88 valence electrons. The molecular formula is C10H10BrN5O. The SMILES string of the molecule is Nc1nc2cc(Br)cnc2n1C1CNC(=O)C1. The zero-order valence-electron chi connectivity index (χ0n) is 8.85. The molecule has 0 aliphatic carbocycles. The van der Waals surface area contributed by atoms with Gasteiger partial charge in [0.15, 0.2) is 5.65 Å². The molecular weight excluding hydrogens is 286 g/mol. The molecule has 0 saturated carbocycles. The second-order valence-electron chi connectivity index (χ2n) is 4.00. The fraction of sp³-hybridized carbons (Fsp3) is 0.300. The lowest BCUT2D eigenvalue weighted by molar-refractivity contribution is -0.119. The Kier molecular flexibility index (Phi) is 2.29. The van der Waals surface area contributed by atoms with Crippen molar-refractivity contribution in [3.05, 3.63) is 16.7 Å².